The van der Waals surface area contributed by atoms with E-state index in [0.717, 1.165) is 5.56 Å². The van der Waals surface area contributed by atoms with Crippen molar-refractivity contribution >= 4 is 37.1 Å². The van der Waals surface area contributed by atoms with E-state index >= 15 is 0 Å². The number of hydrogen-bond acceptors (Lipinski definition) is 4. The van der Waals surface area contributed by atoms with Gasteiger partial charge in [0.05, 0.1) is 10.5 Å². The molecule has 7 heteroatoms. The van der Waals surface area contributed by atoms with Crippen LogP contribution in [0.25, 0.3) is 0 Å². The number of ketones is 1. The van der Waals surface area contributed by atoms with Crippen LogP contribution in [0, 0.1) is 6.92 Å². The van der Waals surface area contributed by atoms with Gasteiger partial charge in [-0.2, -0.15) is 0 Å². The average molecular weight is 359 g/mol. The molecule has 0 aliphatic carbocycles. The first-order valence-corrected chi connectivity index (χ1v) is 8.91. The van der Waals surface area contributed by atoms with Crippen molar-refractivity contribution in [1.29, 1.82) is 0 Å². The van der Waals surface area contributed by atoms with Crippen molar-refractivity contribution < 1.29 is 17.9 Å². The summed E-state index contributed by atoms with van der Waals surface area (Å²) in [6, 6.07) is 8.96. The van der Waals surface area contributed by atoms with Gasteiger partial charge in [0.1, 0.15) is 11.5 Å². The first-order valence-electron chi connectivity index (χ1n) is 6.22. The molecule has 22 heavy (non-hydrogen) atoms. The Kier molecular flexibility index (Phi) is 4.80. The fraction of sp³-hybridized carbons (Fsp3) is 0.133. The maximum absolute atomic E-state index is 11.7. The molecule has 4 nitrogen and oxygen atoms in total. The van der Waals surface area contributed by atoms with Crippen LogP contribution in [0.1, 0.15) is 22.8 Å². The molecule has 0 aliphatic heterocycles. The molecule has 0 heterocycles. The van der Waals surface area contributed by atoms with Crippen LogP contribution in [0.15, 0.2) is 41.3 Å². The van der Waals surface area contributed by atoms with E-state index in [4.69, 9.17) is 27.0 Å². The lowest BCUT2D eigenvalue weighted by Crippen LogP contribution is -2.00. The number of carbonyl (C=O) groups excluding carboxylic acids is 1. The van der Waals surface area contributed by atoms with Gasteiger partial charge in [0, 0.05) is 15.7 Å². The number of Topliss-reactive ketones (excluding diaryl/α,β-unsaturated/α-hetero) is 1. The number of ether oxygens (including phenoxy) is 1. The molecular formula is C15H12Cl2O4S. The molecule has 0 N–H and O–H groups in total. The zero-order valence-electron chi connectivity index (χ0n) is 11.8. The Hall–Kier alpha value is -1.56. The Bertz CT molecular complexity index is 845. The molecule has 0 atom stereocenters. The molecule has 2 aromatic rings. The van der Waals surface area contributed by atoms with Gasteiger partial charge in [0.15, 0.2) is 5.78 Å². The van der Waals surface area contributed by atoms with Crippen molar-refractivity contribution in [3.05, 3.63) is 52.5 Å². The fourth-order valence-electron chi connectivity index (χ4n) is 1.79. The van der Waals surface area contributed by atoms with Crippen molar-refractivity contribution in [3.8, 4) is 11.5 Å². The van der Waals surface area contributed by atoms with E-state index in [-0.39, 0.29) is 22.0 Å². The highest BCUT2D eigenvalue weighted by molar-refractivity contribution is 8.13. The predicted octanol–water partition coefficient (Wildman–Crippen LogP) is 4.57. The van der Waals surface area contributed by atoms with Crippen LogP contribution in [-0.4, -0.2) is 14.2 Å². The first-order chi connectivity index (χ1) is 10.2. The standard InChI is InChI=1S/C15H12Cl2O4S/c1-9-3-4-11(7-14(9)16)21-15-6-5-12(22(17,19)20)8-13(15)10(2)18/h3-8H,1-2H3. The third-order valence-electron chi connectivity index (χ3n) is 2.98. The topological polar surface area (TPSA) is 60.4 Å². The van der Waals surface area contributed by atoms with Crippen LogP contribution in [0.5, 0.6) is 11.5 Å². The SMILES string of the molecule is CC(=O)c1cc(S(=O)(=O)Cl)ccc1Oc1ccc(C)c(Cl)c1. The molecule has 2 aromatic carbocycles. The molecule has 0 radical (unpaired) electrons. The number of hydrogen-bond donors (Lipinski definition) is 0. The lowest BCUT2D eigenvalue weighted by Gasteiger charge is -2.11. The molecule has 2 rings (SSSR count). The van der Waals surface area contributed by atoms with E-state index in [9.17, 15) is 13.2 Å². The monoisotopic (exact) mass is 358 g/mol. The summed E-state index contributed by atoms with van der Waals surface area (Å²) in [5.41, 5.74) is 1.02. The van der Waals surface area contributed by atoms with E-state index in [0.29, 0.717) is 10.8 Å². The summed E-state index contributed by atoms with van der Waals surface area (Å²) in [6.07, 6.45) is 0. The van der Waals surface area contributed by atoms with Gasteiger partial charge in [-0.1, -0.05) is 17.7 Å². The molecule has 0 aliphatic rings. The summed E-state index contributed by atoms with van der Waals surface area (Å²) in [7, 11) is 1.37. The minimum Gasteiger partial charge on any atom is -0.457 e. The van der Waals surface area contributed by atoms with Crippen LogP contribution in [-0.2, 0) is 9.05 Å². The maximum Gasteiger partial charge on any atom is 0.261 e. The van der Waals surface area contributed by atoms with Crippen molar-refractivity contribution in [2.75, 3.05) is 0 Å². The molecule has 0 saturated heterocycles. The van der Waals surface area contributed by atoms with Gasteiger partial charge in [-0.3, -0.25) is 4.79 Å². The van der Waals surface area contributed by atoms with Crippen molar-refractivity contribution in [2.45, 2.75) is 18.7 Å². The highest BCUT2D eigenvalue weighted by atomic mass is 35.7. The minimum atomic E-state index is -3.92. The molecule has 0 amide bonds. The summed E-state index contributed by atoms with van der Waals surface area (Å²) in [5, 5.41) is 0.529. The van der Waals surface area contributed by atoms with Crippen molar-refractivity contribution in [3.63, 3.8) is 0 Å². The van der Waals surface area contributed by atoms with Crippen molar-refractivity contribution in [2.24, 2.45) is 0 Å². The lowest BCUT2D eigenvalue weighted by atomic mass is 10.1. The number of carbonyl (C=O) groups is 1. The quantitative estimate of drug-likeness (QED) is 0.593. The second-order valence-corrected chi connectivity index (χ2v) is 7.64. The van der Waals surface area contributed by atoms with E-state index in [1.54, 1.807) is 18.2 Å². The van der Waals surface area contributed by atoms with Crippen LogP contribution in [0.4, 0.5) is 0 Å². The lowest BCUT2D eigenvalue weighted by molar-refractivity contribution is 0.101. The fourth-order valence-corrected chi connectivity index (χ4v) is 2.74. The van der Waals surface area contributed by atoms with Gasteiger partial charge in [-0.05, 0) is 49.7 Å². The molecule has 0 bridgehead atoms. The van der Waals surface area contributed by atoms with Crippen LogP contribution in [0.2, 0.25) is 5.02 Å². The van der Waals surface area contributed by atoms with Gasteiger partial charge < -0.3 is 4.74 Å². The molecular weight excluding hydrogens is 347 g/mol. The first kappa shape index (κ1) is 16.8. The number of halogens is 2. The summed E-state index contributed by atoms with van der Waals surface area (Å²) < 4.78 is 28.3. The van der Waals surface area contributed by atoms with Gasteiger partial charge in [-0.15, -0.1) is 0 Å². The van der Waals surface area contributed by atoms with E-state index < -0.39 is 9.05 Å². The average Bonchev–Trinajstić information content (AvgIpc) is 2.42. The molecule has 116 valence electrons. The third-order valence-corrected chi connectivity index (χ3v) is 4.74. The normalized spacial score (nSPS) is 11.3. The molecule has 0 unspecified atom stereocenters. The van der Waals surface area contributed by atoms with Crippen LogP contribution in [0.3, 0.4) is 0 Å². The number of rotatable bonds is 4. The summed E-state index contributed by atoms with van der Waals surface area (Å²) in [6.45, 7) is 3.17. The minimum absolute atomic E-state index is 0.124. The number of benzene rings is 2. The zero-order valence-corrected chi connectivity index (χ0v) is 14.1. The second-order valence-electron chi connectivity index (χ2n) is 4.67. The maximum atomic E-state index is 11.7. The summed E-state index contributed by atoms with van der Waals surface area (Å²) >= 11 is 6.02. The zero-order chi connectivity index (χ0) is 16.5. The summed E-state index contributed by atoms with van der Waals surface area (Å²) in [5.74, 6) is 0.339. The smallest absolute Gasteiger partial charge is 0.261 e. The van der Waals surface area contributed by atoms with Gasteiger partial charge in [-0.25, -0.2) is 8.42 Å². The highest BCUT2D eigenvalue weighted by Gasteiger charge is 2.17. The predicted molar refractivity (Wildman–Crippen MR) is 85.7 cm³/mol. The van der Waals surface area contributed by atoms with Gasteiger partial charge in [0.2, 0.25) is 0 Å². The second kappa shape index (κ2) is 6.28. The highest BCUT2D eigenvalue weighted by Crippen LogP contribution is 2.31. The van der Waals surface area contributed by atoms with Gasteiger partial charge in [0.25, 0.3) is 9.05 Å². The number of aryl methyl sites for hydroxylation is 1. The van der Waals surface area contributed by atoms with E-state index in [1.807, 2.05) is 6.92 Å². The largest absolute Gasteiger partial charge is 0.457 e. The Morgan fingerprint density at radius 1 is 1.14 bits per heavy atom. The Labute approximate surface area is 138 Å². The summed E-state index contributed by atoms with van der Waals surface area (Å²) in [4.78, 5) is 11.6. The molecule has 0 spiro atoms. The molecule has 0 saturated carbocycles. The van der Waals surface area contributed by atoms with E-state index in [2.05, 4.69) is 0 Å². The van der Waals surface area contributed by atoms with Crippen LogP contribution >= 0.6 is 22.3 Å². The van der Waals surface area contributed by atoms with E-state index in [1.165, 1.54) is 25.1 Å². The Morgan fingerprint density at radius 3 is 2.36 bits per heavy atom. The molecule has 0 fully saturated rings. The molecule has 0 aromatic heterocycles. The Balaban J connectivity index is 2.46. The van der Waals surface area contributed by atoms with Crippen LogP contribution < -0.4 is 4.74 Å². The third kappa shape index (κ3) is 3.80. The Morgan fingerprint density at radius 2 is 1.82 bits per heavy atom. The van der Waals surface area contributed by atoms with Gasteiger partial charge >= 0.3 is 0 Å². The van der Waals surface area contributed by atoms with Crippen molar-refractivity contribution in [1.82, 2.24) is 0 Å².